The molecule has 1 fully saturated rings. The molecule has 2 rings (SSSR count). The molecular weight excluding hydrogens is 212 g/mol. The van der Waals surface area contributed by atoms with E-state index >= 15 is 0 Å². The van der Waals surface area contributed by atoms with Gasteiger partial charge in [-0.15, -0.1) is 0 Å². The number of likely N-dealkylation sites (tertiary alicyclic amines) is 1. The first kappa shape index (κ1) is 12.1. The lowest BCUT2D eigenvalue weighted by atomic mass is 10.0. The largest absolute Gasteiger partial charge is 0.338 e. The van der Waals surface area contributed by atoms with E-state index < -0.39 is 6.04 Å². The van der Waals surface area contributed by atoms with Crippen molar-refractivity contribution in [2.24, 2.45) is 11.7 Å². The minimum atomic E-state index is -0.524. The topological polar surface area (TPSA) is 46.3 Å². The van der Waals surface area contributed by atoms with Gasteiger partial charge in [-0.2, -0.15) is 0 Å². The Morgan fingerprint density at radius 2 is 2.00 bits per heavy atom. The number of nitrogens with two attached hydrogens (primary N) is 1. The Morgan fingerprint density at radius 1 is 1.35 bits per heavy atom. The second kappa shape index (κ2) is 4.88. The molecule has 0 bridgehead atoms. The number of hydrogen-bond acceptors (Lipinski definition) is 2. The van der Waals surface area contributed by atoms with Crippen LogP contribution in [0, 0.1) is 5.92 Å². The van der Waals surface area contributed by atoms with Gasteiger partial charge in [-0.05, 0) is 24.8 Å². The maximum Gasteiger partial charge on any atom is 0.244 e. The molecule has 1 saturated heterocycles. The van der Waals surface area contributed by atoms with Crippen molar-refractivity contribution < 1.29 is 4.79 Å². The Kier molecular flexibility index (Phi) is 3.48. The van der Waals surface area contributed by atoms with E-state index in [1.807, 2.05) is 35.2 Å². The van der Waals surface area contributed by atoms with E-state index in [9.17, 15) is 4.79 Å². The summed E-state index contributed by atoms with van der Waals surface area (Å²) in [6.07, 6.45) is 1.08. The first-order chi connectivity index (χ1) is 8.11. The van der Waals surface area contributed by atoms with E-state index in [2.05, 4.69) is 13.8 Å². The number of hydrogen-bond donors (Lipinski definition) is 1. The van der Waals surface area contributed by atoms with Crippen LogP contribution in [-0.2, 0) is 4.79 Å². The van der Waals surface area contributed by atoms with Crippen molar-refractivity contribution >= 4 is 5.91 Å². The fourth-order valence-corrected chi connectivity index (χ4v) is 2.39. The van der Waals surface area contributed by atoms with Gasteiger partial charge in [0.05, 0.1) is 0 Å². The van der Waals surface area contributed by atoms with Crippen molar-refractivity contribution in [3.05, 3.63) is 35.9 Å². The molecule has 3 heteroatoms. The highest BCUT2D eigenvalue weighted by Gasteiger charge is 2.33. The highest BCUT2D eigenvalue weighted by Crippen LogP contribution is 2.26. The average molecular weight is 232 g/mol. The van der Waals surface area contributed by atoms with Gasteiger partial charge >= 0.3 is 0 Å². The van der Waals surface area contributed by atoms with Crippen LogP contribution in [0.4, 0.5) is 0 Å². The van der Waals surface area contributed by atoms with E-state index in [0.29, 0.717) is 12.0 Å². The molecule has 1 aromatic rings. The van der Waals surface area contributed by atoms with Gasteiger partial charge < -0.3 is 10.6 Å². The SMILES string of the molecule is C[C@@H]1CCN(C(=O)[C@@H](N)c2ccccc2)[C@H]1C. The van der Waals surface area contributed by atoms with Crippen molar-refractivity contribution in [3.8, 4) is 0 Å². The van der Waals surface area contributed by atoms with Crippen molar-refractivity contribution in [2.75, 3.05) is 6.54 Å². The third-order valence-electron chi connectivity index (χ3n) is 3.85. The summed E-state index contributed by atoms with van der Waals surface area (Å²) in [6.45, 7) is 5.13. The molecule has 1 aromatic carbocycles. The van der Waals surface area contributed by atoms with Gasteiger partial charge in [0.2, 0.25) is 5.91 Å². The van der Waals surface area contributed by atoms with Crippen molar-refractivity contribution in [1.29, 1.82) is 0 Å². The Morgan fingerprint density at radius 3 is 2.53 bits per heavy atom. The smallest absolute Gasteiger partial charge is 0.244 e. The highest BCUT2D eigenvalue weighted by molar-refractivity contribution is 5.83. The zero-order chi connectivity index (χ0) is 12.4. The van der Waals surface area contributed by atoms with Gasteiger partial charge in [0, 0.05) is 12.6 Å². The maximum atomic E-state index is 12.3. The third kappa shape index (κ3) is 2.34. The van der Waals surface area contributed by atoms with Gasteiger partial charge in [0.25, 0.3) is 0 Å². The summed E-state index contributed by atoms with van der Waals surface area (Å²) in [7, 11) is 0. The molecule has 0 unspecified atom stereocenters. The van der Waals surface area contributed by atoms with Crippen LogP contribution in [0.2, 0.25) is 0 Å². The van der Waals surface area contributed by atoms with Gasteiger partial charge in [-0.3, -0.25) is 4.79 Å². The molecule has 0 saturated carbocycles. The van der Waals surface area contributed by atoms with E-state index in [0.717, 1.165) is 18.5 Å². The zero-order valence-electron chi connectivity index (χ0n) is 10.5. The summed E-state index contributed by atoms with van der Waals surface area (Å²) in [5, 5.41) is 0. The molecule has 0 aliphatic carbocycles. The van der Waals surface area contributed by atoms with Crippen LogP contribution in [0.5, 0.6) is 0 Å². The number of benzene rings is 1. The minimum absolute atomic E-state index is 0.0491. The fraction of sp³-hybridized carbons (Fsp3) is 0.500. The van der Waals surface area contributed by atoms with E-state index in [-0.39, 0.29) is 5.91 Å². The lowest BCUT2D eigenvalue weighted by molar-refractivity contribution is -0.133. The number of carbonyl (C=O) groups excluding carboxylic acids is 1. The lowest BCUT2D eigenvalue weighted by Gasteiger charge is -2.26. The molecule has 1 amide bonds. The summed E-state index contributed by atoms with van der Waals surface area (Å²) < 4.78 is 0. The van der Waals surface area contributed by atoms with E-state index in [4.69, 9.17) is 5.73 Å². The summed E-state index contributed by atoms with van der Waals surface area (Å²) >= 11 is 0. The van der Waals surface area contributed by atoms with Gasteiger partial charge in [0.15, 0.2) is 0 Å². The fourth-order valence-electron chi connectivity index (χ4n) is 2.39. The standard InChI is InChI=1S/C14H20N2O/c1-10-8-9-16(11(10)2)14(17)13(15)12-6-4-3-5-7-12/h3-7,10-11,13H,8-9,15H2,1-2H3/t10-,11+,13+/m1/s1. The molecule has 0 spiro atoms. The summed E-state index contributed by atoms with van der Waals surface area (Å²) in [5.41, 5.74) is 6.93. The summed E-state index contributed by atoms with van der Waals surface area (Å²) in [6, 6.07) is 9.36. The number of nitrogens with zero attached hydrogens (tertiary/aromatic N) is 1. The van der Waals surface area contributed by atoms with Crippen LogP contribution in [0.15, 0.2) is 30.3 Å². The number of carbonyl (C=O) groups is 1. The molecule has 17 heavy (non-hydrogen) atoms. The number of amides is 1. The van der Waals surface area contributed by atoms with Crippen LogP contribution in [0.3, 0.4) is 0 Å². The molecule has 3 atom stereocenters. The van der Waals surface area contributed by atoms with Crippen molar-refractivity contribution in [3.63, 3.8) is 0 Å². The highest BCUT2D eigenvalue weighted by atomic mass is 16.2. The molecule has 1 heterocycles. The molecule has 2 N–H and O–H groups in total. The maximum absolute atomic E-state index is 12.3. The molecular formula is C14H20N2O. The zero-order valence-corrected chi connectivity index (χ0v) is 10.5. The second-order valence-electron chi connectivity index (χ2n) is 4.93. The predicted octanol–water partition coefficient (Wildman–Crippen LogP) is 1.94. The Bertz CT molecular complexity index is 390. The Hall–Kier alpha value is -1.35. The van der Waals surface area contributed by atoms with Crippen LogP contribution in [0.25, 0.3) is 0 Å². The third-order valence-corrected chi connectivity index (χ3v) is 3.85. The second-order valence-corrected chi connectivity index (χ2v) is 4.93. The van der Waals surface area contributed by atoms with Crippen LogP contribution in [0.1, 0.15) is 31.9 Å². The number of rotatable bonds is 2. The Labute approximate surface area is 103 Å². The summed E-state index contributed by atoms with van der Waals surface area (Å²) in [4.78, 5) is 14.2. The van der Waals surface area contributed by atoms with Crippen molar-refractivity contribution in [2.45, 2.75) is 32.4 Å². The monoisotopic (exact) mass is 232 g/mol. The molecule has 92 valence electrons. The first-order valence-corrected chi connectivity index (χ1v) is 6.22. The molecule has 1 aliphatic heterocycles. The van der Waals surface area contributed by atoms with Gasteiger partial charge in [0.1, 0.15) is 6.04 Å². The Balaban J connectivity index is 2.11. The van der Waals surface area contributed by atoms with Crippen LogP contribution < -0.4 is 5.73 Å². The van der Waals surface area contributed by atoms with Gasteiger partial charge in [-0.25, -0.2) is 0 Å². The summed E-state index contributed by atoms with van der Waals surface area (Å²) in [5.74, 6) is 0.620. The quantitative estimate of drug-likeness (QED) is 0.847. The van der Waals surface area contributed by atoms with E-state index in [1.165, 1.54) is 0 Å². The molecule has 1 aliphatic rings. The van der Waals surface area contributed by atoms with Gasteiger partial charge in [-0.1, -0.05) is 37.3 Å². The molecule has 0 aromatic heterocycles. The predicted molar refractivity (Wildman–Crippen MR) is 68.3 cm³/mol. The first-order valence-electron chi connectivity index (χ1n) is 6.22. The van der Waals surface area contributed by atoms with Crippen LogP contribution >= 0.6 is 0 Å². The molecule has 0 radical (unpaired) electrons. The van der Waals surface area contributed by atoms with Crippen LogP contribution in [-0.4, -0.2) is 23.4 Å². The van der Waals surface area contributed by atoms with Crippen molar-refractivity contribution in [1.82, 2.24) is 4.90 Å². The lowest BCUT2D eigenvalue weighted by Crippen LogP contribution is -2.41. The normalized spacial score (nSPS) is 25.9. The van der Waals surface area contributed by atoms with E-state index in [1.54, 1.807) is 0 Å². The average Bonchev–Trinajstić information content (AvgIpc) is 2.69. The minimum Gasteiger partial charge on any atom is -0.338 e. The molecule has 3 nitrogen and oxygen atoms in total.